The zero-order valence-corrected chi connectivity index (χ0v) is 15.9. The first kappa shape index (κ1) is 19.1. The smallest absolute Gasteiger partial charge is 0.237 e. The van der Waals surface area contributed by atoms with Crippen LogP contribution in [0.5, 0.6) is 0 Å². The number of hydrogen-bond acceptors (Lipinski definition) is 5. The molecule has 27 heavy (non-hydrogen) atoms. The van der Waals surface area contributed by atoms with Crippen molar-refractivity contribution < 1.29 is 4.79 Å². The minimum absolute atomic E-state index is 0.00666. The van der Waals surface area contributed by atoms with Crippen LogP contribution in [0.15, 0.2) is 36.9 Å². The molecule has 0 aliphatic carbocycles. The van der Waals surface area contributed by atoms with Crippen molar-refractivity contribution in [2.24, 2.45) is 0 Å². The summed E-state index contributed by atoms with van der Waals surface area (Å²) in [5.74, 6) is 0.00666. The quantitative estimate of drug-likeness (QED) is 0.812. The fraction of sp³-hybridized carbons (Fsp3) is 0.500. The molecule has 2 aromatic heterocycles. The molecule has 1 N–H and O–H groups in total. The Morgan fingerprint density at radius 2 is 2.22 bits per heavy atom. The van der Waals surface area contributed by atoms with Crippen LogP contribution in [0.4, 0.5) is 0 Å². The molecule has 2 aromatic rings. The monoisotopic (exact) mass is 366 g/mol. The first-order chi connectivity index (χ1) is 13.0. The van der Waals surface area contributed by atoms with E-state index in [9.17, 15) is 4.79 Å². The summed E-state index contributed by atoms with van der Waals surface area (Å²) in [5, 5.41) is 12.5. The summed E-state index contributed by atoms with van der Waals surface area (Å²) in [6.07, 6.45) is 8.10. The van der Waals surface area contributed by atoms with Crippen molar-refractivity contribution in [2.45, 2.75) is 51.2 Å². The lowest BCUT2D eigenvalue weighted by atomic mass is 10.0. The Kier molecular flexibility index (Phi) is 5.87. The second kappa shape index (κ2) is 8.31. The van der Waals surface area contributed by atoms with Gasteiger partial charge in [0.1, 0.15) is 11.7 Å². The Labute approximate surface area is 160 Å². The van der Waals surface area contributed by atoms with Crippen LogP contribution < -0.4 is 5.32 Å². The van der Waals surface area contributed by atoms with Gasteiger partial charge in [-0.3, -0.25) is 9.78 Å². The average molecular weight is 366 g/mol. The zero-order chi connectivity index (χ0) is 19.3. The number of rotatable bonds is 7. The van der Waals surface area contributed by atoms with E-state index in [0.29, 0.717) is 6.54 Å². The predicted molar refractivity (Wildman–Crippen MR) is 103 cm³/mol. The molecular formula is C20H26N6O. The van der Waals surface area contributed by atoms with E-state index < -0.39 is 0 Å². The van der Waals surface area contributed by atoms with Gasteiger partial charge >= 0.3 is 0 Å². The number of nitriles is 1. The second-order valence-corrected chi connectivity index (χ2v) is 7.57. The van der Waals surface area contributed by atoms with E-state index in [0.717, 1.165) is 37.2 Å². The van der Waals surface area contributed by atoms with Crippen LogP contribution in [0.3, 0.4) is 0 Å². The molecular weight excluding hydrogens is 340 g/mol. The highest BCUT2D eigenvalue weighted by molar-refractivity contribution is 5.79. The molecule has 1 aliphatic heterocycles. The summed E-state index contributed by atoms with van der Waals surface area (Å²) in [6.45, 7) is 5.91. The van der Waals surface area contributed by atoms with Gasteiger partial charge < -0.3 is 14.8 Å². The number of nitrogens with zero attached hydrogens (tertiary/aromatic N) is 5. The summed E-state index contributed by atoms with van der Waals surface area (Å²) < 4.78 is 2.04. The Morgan fingerprint density at radius 3 is 2.96 bits per heavy atom. The maximum absolute atomic E-state index is 12.4. The van der Waals surface area contributed by atoms with Gasteiger partial charge in [-0.2, -0.15) is 5.26 Å². The number of amides is 1. The second-order valence-electron chi connectivity index (χ2n) is 7.57. The van der Waals surface area contributed by atoms with Crippen molar-refractivity contribution in [1.82, 2.24) is 24.8 Å². The number of hydrogen-bond donors (Lipinski definition) is 1. The summed E-state index contributed by atoms with van der Waals surface area (Å²) >= 11 is 0. The number of carbonyl (C=O) groups is 1. The van der Waals surface area contributed by atoms with Crippen molar-refractivity contribution in [3.05, 3.63) is 36.9 Å². The van der Waals surface area contributed by atoms with Gasteiger partial charge in [0.25, 0.3) is 0 Å². The third-order valence-electron chi connectivity index (χ3n) is 5.00. The fourth-order valence-electron chi connectivity index (χ4n) is 3.24. The molecule has 1 amide bonds. The molecule has 0 spiro atoms. The number of likely N-dealkylation sites (tertiary alicyclic amines) is 1. The highest BCUT2D eigenvalue weighted by atomic mass is 16.2. The average Bonchev–Trinajstić information content (AvgIpc) is 3.34. The van der Waals surface area contributed by atoms with Crippen LogP contribution >= 0.6 is 0 Å². The van der Waals surface area contributed by atoms with Crippen molar-refractivity contribution in [3.63, 3.8) is 0 Å². The maximum atomic E-state index is 12.4. The van der Waals surface area contributed by atoms with Gasteiger partial charge in [-0.15, -0.1) is 0 Å². The molecule has 0 unspecified atom stereocenters. The highest BCUT2D eigenvalue weighted by Gasteiger charge is 2.29. The Balaban J connectivity index is 1.49. The maximum Gasteiger partial charge on any atom is 0.237 e. The molecule has 0 saturated carbocycles. The Hall–Kier alpha value is -2.72. The van der Waals surface area contributed by atoms with Crippen molar-refractivity contribution in [1.29, 1.82) is 5.26 Å². The van der Waals surface area contributed by atoms with E-state index in [2.05, 4.69) is 35.2 Å². The van der Waals surface area contributed by atoms with Crippen LogP contribution in [0.2, 0.25) is 0 Å². The van der Waals surface area contributed by atoms with Gasteiger partial charge in [0, 0.05) is 31.0 Å². The number of aromatic nitrogens is 3. The molecule has 0 radical (unpaired) electrons. The third kappa shape index (κ3) is 4.92. The van der Waals surface area contributed by atoms with Crippen LogP contribution in [0.25, 0.3) is 11.4 Å². The standard InChI is InChI=1S/C20H26N6O/c1-20(2,24-13-19(27)26-10-5-6-16(26)12-21)8-11-25-14-18(23-15-25)17-7-3-4-9-22-17/h3-4,7,9,14-16,24H,5-6,8,10-11,13H2,1-2H3/t16-/m0/s1. The van der Waals surface area contributed by atoms with Gasteiger partial charge in [-0.1, -0.05) is 6.07 Å². The fourth-order valence-corrected chi connectivity index (χ4v) is 3.24. The molecule has 3 heterocycles. The van der Waals surface area contributed by atoms with E-state index in [-0.39, 0.29) is 24.0 Å². The molecule has 1 atom stereocenters. The van der Waals surface area contributed by atoms with Gasteiger partial charge in [0.15, 0.2) is 0 Å². The van der Waals surface area contributed by atoms with Crippen LogP contribution in [0, 0.1) is 11.3 Å². The minimum atomic E-state index is -0.265. The minimum Gasteiger partial charge on any atom is -0.337 e. The molecule has 0 aromatic carbocycles. The number of aryl methyl sites for hydroxylation is 1. The molecule has 1 fully saturated rings. The lowest BCUT2D eigenvalue weighted by Gasteiger charge is -2.28. The molecule has 3 rings (SSSR count). The number of imidazole rings is 1. The van der Waals surface area contributed by atoms with E-state index in [4.69, 9.17) is 5.26 Å². The van der Waals surface area contributed by atoms with Crippen LogP contribution in [-0.4, -0.2) is 50.0 Å². The Bertz CT molecular complexity index is 807. The zero-order valence-electron chi connectivity index (χ0n) is 15.9. The lowest BCUT2D eigenvalue weighted by Crippen LogP contribution is -2.47. The first-order valence-corrected chi connectivity index (χ1v) is 9.36. The molecule has 1 saturated heterocycles. The van der Waals surface area contributed by atoms with Crippen molar-refractivity contribution in [3.8, 4) is 17.5 Å². The number of nitrogens with one attached hydrogen (secondary N) is 1. The predicted octanol–water partition coefficient (Wildman–Crippen LogP) is 2.22. The molecule has 7 heteroatoms. The third-order valence-corrected chi connectivity index (χ3v) is 5.00. The summed E-state index contributed by atoms with van der Waals surface area (Å²) in [4.78, 5) is 22.8. The van der Waals surface area contributed by atoms with Crippen LogP contribution in [-0.2, 0) is 11.3 Å². The SMILES string of the molecule is CC(C)(CCn1cnc(-c2ccccn2)c1)NCC(=O)N1CCC[C@H]1C#N. The van der Waals surface area contributed by atoms with Gasteiger partial charge in [-0.05, 0) is 45.2 Å². The summed E-state index contributed by atoms with van der Waals surface area (Å²) in [7, 11) is 0. The molecule has 7 nitrogen and oxygen atoms in total. The Morgan fingerprint density at radius 1 is 1.37 bits per heavy atom. The van der Waals surface area contributed by atoms with E-state index >= 15 is 0 Å². The van der Waals surface area contributed by atoms with E-state index in [1.807, 2.05) is 35.3 Å². The first-order valence-electron chi connectivity index (χ1n) is 9.36. The van der Waals surface area contributed by atoms with Gasteiger partial charge in [0.2, 0.25) is 5.91 Å². The summed E-state index contributed by atoms with van der Waals surface area (Å²) in [5.41, 5.74) is 1.51. The molecule has 142 valence electrons. The van der Waals surface area contributed by atoms with Gasteiger partial charge in [0.05, 0.1) is 24.6 Å². The number of pyridine rings is 1. The van der Waals surface area contributed by atoms with Crippen molar-refractivity contribution in [2.75, 3.05) is 13.1 Å². The van der Waals surface area contributed by atoms with Crippen LogP contribution in [0.1, 0.15) is 33.1 Å². The van der Waals surface area contributed by atoms with E-state index in [1.165, 1.54) is 0 Å². The summed E-state index contributed by atoms with van der Waals surface area (Å²) in [6, 6.07) is 7.73. The van der Waals surface area contributed by atoms with E-state index in [1.54, 1.807) is 11.1 Å². The molecule has 0 bridgehead atoms. The normalized spacial score (nSPS) is 17.1. The van der Waals surface area contributed by atoms with Crippen molar-refractivity contribution >= 4 is 5.91 Å². The van der Waals surface area contributed by atoms with Gasteiger partial charge in [-0.25, -0.2) is 4.98 Å². The largest absolute Gasteiger partial charge is 0.337 e. The molecule has 1 aliphatic rings. The number of carbonyl (C=O) groups excluding carboxylic acids is 1. The highest BCUT2D eigenvalue weighted by Crippen LogP contribution is 2.18. The lowest BCUT2D eigenvalue weighted by molar-refractivity contribution is -0.130. The topological polar surface area (TPSA) is 86.8 Å².